The van der Waals surface area contributed by atoms with Crippen LogP contribution in [0, 0.1) is 23.3 Å². The van der Waals surface area contributed by atoms with E-state index in [0.29, 0.717) is 5.75 Å². The molecule has 5 N–H and O–H groups in total. The average molecular weight is 544 g/mol. The highest BCUT2D eigenvalue weighted by atomic mass is 32.2. The lowest BCUT2D eigenvalue weighted by Gasteiger charge is -2.39. The van der Waals surface area contributed by atoms with Crippen molar-refractivity contribution < 1.29 is 57.0 Å². The Hall–Kier alpha value is -2.21. The fourth-order valence-electron chi connectivity index (χ4n) is 3.03. The Morgan fingerprint density at radius 2 is 1.61 bits per heavy atom. The summed E-state index contributed by atoms with van der Waals surface area (Å²) in [4.78, 5) is 14.0. The molecule has 1 heterocycles. The quantitative estimate of drug-likeness (QED) is 0.0588. The Balaban J connectivity index is 1.64. The van der Waals surface area contributed by atoms with Crippen molar-refractivity contribution in [3.63, 3.8) is 0 Å². The summed E-state index contributed by atoms with van der Waals surface area (Å²) < 4.78 is 71.1. The van der Waals surface area contributed by atoms with Gasteiger partial charge in [-0.2, -0.15) is 0 Å². The van der Waals surface area contributed by atoms with Crippen LogP contribution in [-0.4, -0.2) is 102 Å². The molecule has 0 unspecified atom stereocenters. The van der Waals surface area contributed by atoms with E-state index in [-0.39, 0.29) is 33.0 Å². The number of nitrogens with zero attached hydrogens (tertiary/aromatic N) is 3. The number of carbonyl (C=O) groups is 1. The van der Waals surface area contributed by atoms with Gasteiger partial charge in [0.05, 0.1) is 33.0 Å². The van der Waals surface area contributed by atoms with Crippen LogP contribution in [0.2, 0.25) is 0 Å². The molecular formula is C19H24F4N4O8S. The van der Waals surface area contributed by atoms with Crippen molar-refractivity contribution in [1.29, 1.82) is 0 Å². The van der Waals surface area contributed by atoms with Crippen LogP contribution in [0.15, 0.2) is 5.11 Å². The number of aliphatic hydroxyl groups is 4. The van der Waals surface area contributed by atoms with E-state index in [1.165, 1.54) is 0 Å². The summed E-state index contributed by atoms with van der Waals surface area (Å²) in [7, 11) is 0. The smallest absolute Gasteiger partial charge is 0.257 e. The van der Waals surface area contributed by atoms with Gasteiger partial charge in [0, 0.05) is 17.2 Å². The Labute approximate surface area is 205 Å². The minimum atomic E-state index is -2.01. The predicted molar refractivity (Wildman–Crippen MR) is 115 cm³/mol. The molecule has 2 rings (SSSR count). The number of amides is 1. The SMILES string of the molecule is [N-]=[N+]=Nc1c(F)c(F)c(C(=O)NCCOCCOCCS[C@@H]2O[C@H](CO)[C@@H](O)[C@H](O)[C@H]2O)c(F)c1F. The monoisotopic (exact) mass is 544 g/mol. The van der Waals surface area contributed by atoms with E-state index in [2.05, 4.69) is 10.0 Å². The van der Waals surface area contributed by atoms with Crippen molar-refractivity contribution in [1.82, 2.24) is 5.32 Å². The Morgan fingerprint density at radius 1 is 1.00 bits per heavy atom. The number of benzene rings is 1. The molecule has 1 saturated heterocycles. The molecule has 1 aromatic carbocycles. The van der Waals surface area contributed by atoms with Gasteiger partial charge < -0.3 is 40.0 Å². The lowest BCUT2D eigenvalue weighted by Crippen LogP contribution is -2.57. The second kappa shape index (κ2) is 14.5. The number of ether oxygens (including phenoxy) is 3. The fraction of sp³-hybridized carbons (Fsp3) is 0.632. The van der Waals surface area contributed by atoms with Crippen molar-refractivity contribution in [2.45, 2.75) is 29.9 Å². The summed E-state index contributed by atoms with van der Waals surface area (Å²) in [6.07, 6.45) is -5.26. The fourth-order valence-corrected chi connectivity index (χ4v) is 4.05. The molecule has 1 aliphatic heterocycles. The van der Waals surface area contributed by atoms with Gasteiger partial charge in [-0.3, -0.25) is 4.79 Å². The largest absolute Gasteiger partial charge is 0.394 e. The van der Waals surface area contributed by atoms with E-state index < -0.39 is 76.9 Å². The first-order chi connectivity index (χ1) is 17.1. The first kappa shape index (κ1) is 30.0. The summed E-state index contributed by atoms with van der Waals surface area (Å²) >= 11 is 1.11. The van der Waals surface area contributed by atoms with Crippen LogP contribution >= 0.6 is 11.8 Å². The molecule has 0 aliphatic carbocycles. The van der Waals surface area contributed by atoms with E-state index in [1.807, 2.05) is 5.32 Å². The van der Waals surface area contributed by atoms with Crippen molar-refractivity contribution in [2.24, 2.45) is 5.11 Å². The third-order valence-electron chi connectivity index (χ3n) is 4.87. The first-order valence-electron chi connectivity index (χ1n) is 10.4. The molecule has 17 heteroatoms. The standard InChI is InChI=1S/C19H24F4N4O8S/c20-10-9(11(21)13(23)14(12(10)22)26-27-24)18(32)25-1-2-33-3-4-34-5-6-36-19-17(31)16(30)15(29)8(7-28)35-19/h8,15-17,19,28-31H,1-7H2,(H,25,32)/t8-,15-,16+,17-,19+/m1/s1. The van der Waals surface area contributed by atoms with Crippen LogP contribution in [0.1, 0.15) is 10.4 Å². The van der Waals surface area contributed by atoms with Crippen molar-refractivity contribution in [2.75, 3.05) is 45.3 Å². The molecule has 36 heavy (non-hydrogen) atoms. The van der Waals surface area contributed by atoms with E-state index >= 15 is 0 Å². The van der Waals surface area contributed by atoms with Crippen molar-refractivity contribution in [3.05, 3.63) is 39.3 Å². The maximum Gasteiger partial charge on any atom is 0.257 e. The highest BCUT2D eigenvalue weighted by Gasteiger charge is 2.43. The molecule has 0 spiro atoms. The van der Waals surface area contributed by atoms with E-state index in [0.717, 1.165) is 11.8 Å². The summed E-state index contributed by atoms with van der Waals surface area (Å²) in [6.45, 7) is -0.540. The van der Waals surface area contributed by atoms with Gasteiger partial charge in [-0.05, 0) is 5.53 Å². The molecular weight excluding hydrogens is 520 g/mol. The van der Waals surface area contributed by atoms with Gasteiger partial charge in [0.25, 0.3) is 5.91 Å². The second-order valence-electron chi connectivity index (χ2n) is 7.22. The van der Waals surface area contributed by atoms with Gasteiger partial charge in [0.2, 0.25) is 0 Å². The molecule has 1 aliphatic rings. The maximum atomic E-state index is 13.9. The zero-order valence-corrected chi connectivity index (χ0v) is 19.3. The van der Waals surface area contributed by atoms with Crippen molar-refractivity contribution in [3.8, 4) is 0 Å². The van der Waals surface area contributed by atoms with Gasteiger partial charge in [-0.15, -0.1) is 11.8 Å². The van der Waals surface area contributed by atoms with Gasteiger partial charge >= 0.3 is 0 Å². The van der Waals surface area contributed by atoms with E-state index in [4.69, 9.17) is 24.8 Å². The Kier molecular flexibility index (Phi) is 12.1. The van der Waals surface area contributed by atoms with E-state index in [9.17, 15) is 37.7 Å². The maximum absolute atomic E-state index is 13.9. The molecule has 202 valence electrons. The van der Waals surface area contributed by atoms with Crippen LogP contribution in [0.4, 0.5) is 23.2 Å². The summed E-state index contributed by atoms with van der Waals surface area (Å²) in [6, 6.07) is 0. The highest BCUT2D eigenvalue weighted by Crippen LogP contribution is 2.30. The zero-order chi connectivity index (χ0) is 26.8. The van der Waals surface area contributed by atoms with Gasteiger partial charge in [0.1, 0.15) is 41.1 Å². The number of thioether (sulfide) groups is 1. The first-order valence-corrected chi connectivity index (χ1v) is 11.5. The topological polar surface area (TPSA) is 186 Å². The lowest BCUT2D eigenvalue weighted by molar-refractivity contribution is -0.205. The molecule has 1 amide bonds. The number of nitrogens with one attached hydrogen (secondary N) is 1. The molecule has 5 atom stereocenters. The van der Waals surface area contributed by atoms with Crippen LogP contribution < -0.4 is 5.32 Å². The van der Waals surface area contributed by atoms with Gasteiger partial charge in [0.15, 0.2) is 23.3 Å². The average Bonchev–Trinajstić information content (AvgIpc) is 2.86. The molecule has 1 aromatic rings. The highest BCUT2D eigenvalue weighted by molar-refractivity contribution is 7.99. The molecule has 12 nitrogen and oxygen atoms in total. The zero-order valence-electron chi connectivity index (χ0n) is 18.5. The van der Waals surface area contributed by atoms with Crippen LogP contribution in [0.25, 0.3) is 10.4 Å². The third kappa shape index (κ3) is 7.41. The molecule has 0 radical (unpaired) electrons. The van der Waals surface area contributed by atoms with Crippen LogP contribution in [0.5, 0.6) is 0 Å². The van der Waals surface area contributed by atoms with Gasteiger partial charge in [-0.1, -0.05) is 5.11 Å². The summed E-state index contributed by atoms with van der Waals surface area (Å²) in [5.74, 6) is -9.14. The summed E-state index contributed by atoms with van der Waals surface area (Å²) in [5.41, 5.74) is 4.29. The Morgan fingerprint density at radius 3 is 2.19 bits per heavy atom. The number of halogens is 4. The normalized spacial score (nSPS) is 23.8. The van der Waals surface area contributed by atoms with Crippen LogP contribution in [0.3, 0.4) is 0 Å². The summed E-state index contributed by atoms with van der Waals surface area (Å²) in [5, 5.41) is 43.1. The Bertz CT molecular complexity index is 928. The number of hydrogen-bond donors (Lipinski definition) is 5. The van der Waals surface area contributed by atoms with Gasteiger partial charge in [-0.25, -0.2) is 17.6 Å². The predicted octanol–water partition coefficient (Wildman–Crippen LogP) is 0.481. The number of azide groups is 1. The third-order valence-corrected chi connectivity index (χ3v) is 6.00. The van der Waals surface area contributed by atoms with Crippen molar-refractivity contribution >= 4 is 23.4 Å². The molecule has 0 saturated carbocycles. The molecule has 1 fully saturated rings. The van der Waals surface area contributed by atoms with E-state index in [1.54, 1.807) is 0 Å². The minimum Gasteiger partial charge on any atom is -0.394 e. The molecule has 0 bridgehead atoms. The lowest BCUT2D eigenvalue weighted by atomic mass is 10.0. The number of hydrogen-bond acceptors (Lipinski definition) is 10. The minimum absolute atomic E-state index is 0.0629. The number of rotatable bonds is 13. The molecule has 0 aromatic heterocycles. The number of carbonyl (C=O) groups excluding carboxylic acids is 1. The second-order valence-corrected chi connectivity index (χ2v) is 8.42. The van der Waals surface area contributed by atoms with Crippen LogP contribution in [-0.2, 0) is 14.2 Å². The number of aliphatic hydroxyl groups excluding tert-OH is 4.